The maximum atomic E-state index is 5.17. The van der Waals surface area contributed by atoms with E-state index in [1.165, 1.54) is 22.5 Å². The number of fused-ring (bicyclic) bond motifs is 1. The molecule has 3 nitrogen and oxygen atoms in total. The van der Waals surface area contributed by atoms with E-state index in [9.17, 15) is 0 Å². The predicted octanol–water partition coefficient (Wildman–Crippen LogP) is 3.34. The zero-order valence-electron chi connectivity index (χ0n) is 12.7. The molecule has 1 aliphatic heterocycles. The fourth-order valence-corrected chi connectivity index (χ4v) is 2.82. The van der Waals surface area contributed by atoms with Crippen LogP contribution < -0.4 is 15.0 Å². The molecule has 0 fully saturated rings. The molecule has 0 bridgehead atoms. The van der Waals surface area contributed by atoms with Gasteiger partial charge in [0.2, 0.25) is 0 Å². The molecule has 0 amide bonds. The minimum atomic E-state index is 0.912. The van der Waals surface area contributed by atoms with Crippen molar-refractivity contribution in [1.29, 1.82) is 0 Å². The SMILES string of the molecule is COc1ccc(CCNc2ccc3c(c2)CCN3C)cc1. The Morgan fingerprint density at radius 1 is 1.14 bits per heavy atom. The Kier molecular flexibility index (Phi) is 4.00. The number of rotatable bonds is 5. The topological polar surface area (TPSA) is 24.5 Å². The number of likely N-dealkylation sites (N-methyl/N-ethyl adjacent to an activating group) is 1. The summed E-state index contributed by atoms with van der Waals surface area (Å²) in [5.41, 5.74) is 5.37. The number of anilines is 2. The van der Waals surface area contributed by atoms with Crippen molar-refractivity contribution >= 4 is 11.4 Å². The Morgan fingerprint density at radius 3 is 2.71 bits per heavy atom. The molecule has 3 heteroatoms. The van der Waals surface area contributed by atoms with Crippen molar-refractivity contribution in [3.8, 4) is 5.75 Å². The van der Waals surface area contributed by atoms with E-state index in [-0.39, 0.29) is 0 Å². The van der Waals surface area contributed by atoms with Gasteiger partial charge in [-0.25, -0.2) is 0 Å². The summed E-state index contributed by atoms with van der Waals surface area (Å²) in [6.45, 7) is 2.07. The molecule has 0 aliphatic carbocycles. The number of ether oxygens (including phenoxy) is 1. The highest BCUT2D eigenvalue weighted by Crippen LogP contribution is 2.29. The van der Waals surface area contributed by atoms with Crippen LogP contribution in [-0.4, -0.2) is 27.2 Å². The molecular weight excluding hydrogens is 260 g/mol. The van der Waals surface area contributed by atoms with Gasteiger partial charge in [-0.05, 0) is 54.3 Å². The number of nitrogens with one attached hydrogen (secondary N) is 1. The van der Waals surface area contributed by atoms with Gasteiger partial charge in [-0.2, -0.15) is 0 Å². The molecule has 1 heterocycles. The van der Waals surface area contributed by atoms with Gasteiger partial charge in [0.05, 0.1) is 7.11 Å². The van der Waals surface area contributed by atoms with Crippen molar-refractivity contribution in [2.24, 2.45) is 0 Å². The van der Waals surface area contributed by atoms with E-state index in [1.54, 1.807) is 7.11 Å². The van der Waals surface area contributed by atoms with E-state index in [4.69, 9.17) is 4.74 Å². The first kappa shape index (κ1) is 13.8. The Hall–Kier alpha value is -2.16. The van der Waals surface area contributed by atoms with E-state index in [0.717, 1.165) is 31.7 Å². The van der Waals surface area contributed by atoms with Crippen molar-refractivity contribution in [3.05, 3.63) is 53.6 Å². The molecule has 21 heavy (non-hydrogen) atoms. The summed E-state index contributed by atoms with van der Waals surface area (Å²) in [5, 5.41) is 3.52. The van der Waals surface area contributed by atoms with Crippen LogP contribution in [0.4, 0.5) is 11.4 Å². The first-order valence-corrected chi connectivity index (χ1v) is 7.47. The predicted molar refractivity (Wildman–Crippen MR) is 88.6 cm³/mol. The third-order valence-electron chi connectivity index (χ3n) is 4.11. The summed E-state index contributed by atoms with van der Waals surface area (Å²) in [6, 6.07) is 15.0. The van der Waals surface area contributed by atoms with E-state index in [0.29, 0.717) is 0 Å². The molecule has 110 valence electrons. The average Bonchev–Trinajstić information content (AvgIpc) is 2.89. The Morgan fingerprint density at radius 2 is 1.95 bits per heavy atom. The van der Waals surface area contributed by atoms with Crippen LogP contribution >= 0.6 is 0 Å². The zero-order chi connectivity index (χ0) is 14.7. The van der Waals surface area contributed by atoms with Crippen LogP contribution in [-0.2, 0) is 12.8 Å². The molecule has 2 aromatic carbocycles. The summed E-state index contributed by atoms with van der Waals surface area (Å²) in [6.07, 6.45) is 2.17. The average molecular weight is 282 g/mol. The van der Waals surface area contributed by atoms with Gasteiger partial charge in [0.1, 0.15) is 5.75 Å². The van der Waals surface area contributed by atoms with Gasteiger partial charge in [0.15, 0.2) is 0 Å². The van der Waals surface area contributed by atoms with Crippen LogP contribution in [0.25, 0.3) is 0 Å². The minimum absolute atomic E-state index is 0.912. The highest BCUT2D eigenvalue weighted by atomic mass is 16.5. The van der Waals surface area contributed by atoms with Gasteiger partial charge in [0.25, 0.3) is 0 Å². The molecule has 0 saturated carbocycles. The Labute approximate surface area is 126 Å². The maximum absolute atomic E-state index is 5.17. The second kappa shape index (κ2) is 6.08. The van der Waals surface area contributed by atoms with Crippen LogP contribution in [0.15, 0.2) is 42.5 Å². The van der Waals surface area contributed by atoms with Gasteiger partial charge in [-0.3, -0.25) is 0 Å². The van der Waals surface area contributed by atoms with E-state index in [2.05, 4.69) is 47.6 Å². The zero-order valence-corrected chi connectivity index (χ0v) is 12.7. The molecule has 1 N–H and O–H groups in total. The summed E-state index contributed by atoms with van der Waals surface area (Å²) in [4.78, 5) is 2.32. The summed E-state index contributed by atoms with van der Waals surface area (Å²) in [7, 11) is 3.85. The second-order valence-electron chi connectivity index (χ2n) is 5.54. The molecule has 1 aliphatic rings. The summed E-state index contributed by atoms with van der Waals surface area (Å²) >= 11 is 0. The van der Waals surface area contributed by atoms with Crippen LogP contribution in [0.2, 0.25) is 0 Å². The fraction of sp³-hybridized carbons (Fsp3) is 0.333. The lowest BCUT2D eigenvalue weighted by Crippen LogP contribution is -2.12. The van der Waals surface area contributed by atoms with Crippen LogP contribution in [0.1, 0.15) is 11.1 Å². The van der Waals surface area contributed by atoms with Crippen molar-refractivity contribution in [3.63, 3.8) is 0 Å². The van der Waals surface area contributed by atoms with Gasteiger partial charge < -0.3 is 15.0 Å². The van der Waals surface area contributed by atoms with Crippen molar-refractivity contribution < 1.29 is 4.74 Å². The standard InChI is InChI=1S/C18H22N2O/c1-20-12-10-15-13-16(5-8-18(15)20)19-11-9-14-3-6-17(21-2)7-4-14/h3-8,13,19H,9-12H2,1-2H3. The number of hydrogen-bond acceptors (Lipinski definition) is 3. The monoisotopic (exact) mass is 282 g/mol. The molecule has 0 spiro atoms. The molecule has 2 aromatic rings. The van der Waals surface area contributed by atoms with Crippen LogP contribution in [0, 0.1) is 0 Å². The first-order chi connectivity index (χ1) is 10.3. The molecule has 0 aromatic heterocycles. The smallest absolute Gasteiger partial charge is 0.118 e. The number of nitrogens with zero attached hydrogens (tertiary/aromatic N) is 1. The van der Waals surface area contributed by atoms with Crippen molar-refractivity contribution in [1.82, 2.24) is 0 Å². The summed E-state index contributed by atoms with van der Waals surface area (Å²) in [5.74, 6) is 0.912. The number of hydrogen-bond donors (Lipinski definition) is 1. The number of methoxy groups -OCH3 is 1. The lowest BCUT2D eigenvalue weighted by molar-refractivity contribution is 0.414. The molecule has 3 rings (SSSR count). The third-order valence-corrected chi connectivity index (χ3v) is 4.11. The van der Waals surface area contributed by atoms with Gasteiger partial charge in [0, 0.05) is 31.5 Å². The lowest BCUT2D eigenvalue weighted by Gasteiger charge is -2.13. The first-order valence-electron chi connectivity index (χ1n) is 7.47. The van der Waals surface area contributed by atoms with Crippen molar-refractivity contribution in [2.75, 3.05) is 37.5 Å². The molecular formula is C18H22N2O. The van der Waals surface area contributed by atoms with Crippen molar-refractivity contribution in [2.45, 2.75) is 12.8 Å². The fourth-order valence-electron chi connectivity index (χ4n) is 2.82. The normalized spacial score (nSPS) is 13.1. The van der Waals surface area contributed by atoms with Gasteiger partial charge in [-0.15, -0.1) is 0 Å². The molecule has 0 atom stereocenters. The lowest BCUT2D eigenvalue weighted by atomic mass is 10.1. The van der Waals surface area contributed by atoms with E-state index < -0.39 is 0 Å². The van der Waals surface area contributed by atoms with E-state index in [1.807, 2.05) is 12.1 Å². The molecule has 0 saturated heterocycles. The largest absolute Gasteiger partial charge is 0.497 e. The molecule has 0 radical (unpaired) electrons. The summed E-state index contributed by atoms with van der Waals surface area (Å²) < 4.78 is 5.17. The number of benzene rings is 2. The highest BCUT2D eigenvalue weighted by Gasteiger charge is 2.15. The quantitative estimate of drug-likeness (QED) is 0.910. The Balaban J connectivity index is 1.55. The molecule has 0 unspecified atom stereocenters. The highest BCUT2D eigenvalue weighted by molar-refractivity contribution is 5.63. The minimum Gasteiger partial charge on any atom is -0.497 e. The Bertz CT molecular complexity index is 607. The van der Waals surface area contributed by atoms with Crippen LogP contribution in [0.5, 0.6) is 5.75 Å². The van der Waals surface area contributed by atoms with E-state index >= 15 is 0 Å². The second-order valence-corrected chi connectivity index (χ2v) is 5.54. The third kappa shape index (κ3) is 3.13. The van der Waals surface area contributed by atoms with Crippen LogP contribution in [0.3, 0.4) is 0 Å². The maximum Gasteiger partial charge on any atom is 0.118 e. The van der Waals surface area contributed by atoms with Gasteiger partial charge >= 0.3 is 0 Å². The van der Waals surface area contributed by atoms with Gasteiger partial charge in [-0.1, -0.05) is 12.1 Å².